The van der Waals surface area contributed by atoms with Crippen LogP contribution in [0, 0.1) is 0 Å². The van der Waals surface area contributed by atoms with Crippen LogP contribution in [-0.2, 0) is 14.8 Å². The zero-order valence-corrected chi connectivity index (χ0v) is 18.2. The minimum absolute atomic E-state index is 0.0140. The Bertz CT molecular complexity index is 1020. The third-order valence-corrected chi connectivity index (χ3v) is 6.29. The van der Waals surface area contributed by atoms with Gasteiger partial charge in [0.25, 0.3) is 5.91 Å². The molecule has 2 N–H and O–H groups in total. The highest BCUT2D eigenvalue weighted by atomic mass is 35.5. The number of amides is 1. The molecule has 8 nitrogen and oxygen atoms in total. The maximum atomic E-state index is 12.8. The molecule has 2 aromatic rings. The molecule has 2 aromatic carbocycles. The van der Waals surface area contributed by atoms with Crippen LogP contribution in [0.3, 0.4) is 0 Å². The fourth-order valence-electron chi connectivity index (χ4n) is 3.02. The molecule has 1 atom stereocenters. The largest absolute Gasteiger partial charge is 0.495 e. The van der Waals surface area contributed by atoms with Crippen LogP contribution in [0.2, 0.25) is 5.02 Å². The molecule has 30 heavy (non-hydrogen) atoms. The molecule has 0 spiro atoms. The van der Waals surface area contributed by atoms with Gasteiger partial charge in [0.05, 0.1) is 18.9 Å². The van der Waals surface area contributed by atoms with E-state index in [1.165, 1.54) is 32.4 Å². The highest BCUT2D eigenvalue weighted by molar-refractivity contribution is 7.89. The van der Waals surface area contributed by atoms with Gasteiger partial charge in [-0.3, -0.25) is 4.79 Å². The molecule has 3 rings (SSSR count). The Morgan fingerprint density at radius 1 is 1.23 bits per heavy atom. The van der Waals surface area contributed by atoms with Crippen molar-refractivity contribution in [2.45, 2.75) is 23.8 Å². The minimum Gasteiger partial charge on any atom is -0.495 e. The van der Waals surface area contributed by atoms with Gasteiger partial charge in [-0.2, -0.15) is 0 Å². The number of hydrogen-bond acceptors (Lipinski definition) is 6. The van der Waals surface area contributed by atoms with Crippen LogP contribution in [0.4, 0.5) is 5.69 Å². The van der Waals surface area contributed by atoms with Gasteiger partial charge in [0.2, 0.25) is 10.0 Å². The summed E-state index contributed by atoms with van der Waals surface area (Å²) in [4.78, 5) is 12.7. The number of nitrogens with one attached hydrogen (secondary N) is 2. The van der Waals surface area contributed by atoms with Crippen molar-refractivity contribution in [3.63, 3.8) is 0 Å². The average molecular weight is 455 g/mol. The summed E-state index contributed by atoms with van der Waals surface area (Å²) in [7, 11) is -1.18. The lowest BCUT2D eigenvalue weighted by Gasteiger charge is -2.16. The SMILES string of the molecule is CNS(=O)(=O)c1cc(C(=O)Nc2cc(Cl)ccc2OCC2CCCO2)ccc1OC. The number of carbonyl (C=O) groups is 1. The summed E-state index contributed by atoms with van der Waals surface area (Å²) in [6.07, 6.45) is 1.93. The van der Waals surface area contributed by atoms with Gasteiger partial charge in [0.15, 0.2) is 0 Å². The van der Waals surface area contributed by atoms with E-state index in [-0.39, 0.29) is 22.3 Å². The first-order valence-electron chi connectivity index (χ1n) is 9.31. The van der Waals surface area contributed by atoms with E-state index in [4.69, 9.17) is 25.8 Å². The standard InChI is InChI=1S/C20H23ClN2O6S/c1-22-30(25,26)19-10-13(5-7-18(19)27-2)20(24)23-16-11-14(21)6-8-17(16)29-12-15-4-3-9-28-15/h5-8,10-11,15,22H,3-4,9,12H2,1-2H3,(H,23,24). The molecular formula is C20H23ClN2O6S. The van der Waals surface area contributed by atoms with Crippen LogP contribution in [0.5, 0.6) is 11.5 Å². The number of sulfonamides is 1. The Balaban J connectivity index is 1.83. The average Bonchev–Trinajstić information content (AvgIpc) is 3.26. The summed E-state index contributed by atoms with van der Waals surface area (Å²) in [5.41, 5.74) is 0.508. The highest BCUT2D eigenvalue weighted by Gasteiger charge is 2.21. The summed E-state index contributed by atoms with van der Waals surface area (Å²) in [5, 5.41) is 3.15. The minimum atomic E-state index is -3.82. The lowest BCUT2D eigenvalue weighted by Crippen LogP contribution is -2.21. The molecule has 0 bridgehead atoms. The molecule has 162 valence electrons. The topological polar surface area (TPSA) is 103 Å². The smallest absolute Gasteiger partial charge is 0.255 e. The number of benzene rings is 2. The van der Waals surface area contributed by atoms with Crippen molar-refractivity contribution in [2.24, 2.45) is 0 Å². The number of halogens is 1. The van der Waals surface area contributed by atoms with Crippen molar-refractivity contribution in [1.29, 1.82) is 0 Å². The quantitative estimate of drug-likeness (QED) is 0.635. The molecule has 0 radical (unpaired) electrons. The number of ether oxygens (including phenoxy) is 3. The lowest BCUT2D eigenvalue weighted by molar-refractivity contribution is 0.0682. The van der Waals surface area contributed by atoms with Gasteiger partial charge in [0.1, 0.15) is 23.0 Å². The predicted molar refractivity (Wildman–Crippen MR) is 113 cm³/mol. The first-order chi connectivity index (χ1) is 14.3. The van der Waals surface area contributed by atoms with Crippen LogP contribution in [0.25, 0.3) is 0 Å². The summed E-state index contributed by atoms with van der Waals surface area (Å²) in [5.74, 6) is 0.0542. The molecule has 0 aliphatic carbocycles. The number of anilines is 1. The molecule has 10 heteroatoms. The van der Waals surface area contributed by atoms with E-state index in [1.807, 2.05) is 0 Å². The van der Waals surface area contributed by atoms with Crippen LogP contribution >= 0.6 is 11.6 Å². The van der Waals surface area contributed by atoms with Crippen LogP contribution < -0.4 is 19.5 Å². The highest BCUT2D eigenvalue weighted by Crippen LogP contribution is 2.30. The summed E-state index contributed by atoms with van der Waals surface area (Å²) < 4.78 is 43.2. The zero-order chi connectivity index (χ0) is 21.7. The van der Waals surface area contributed by atoms with Crippen LogP contribution in [0.1, 0.15) is 23.2 Å². The monoisotopic (exact) mass is 454 g/mol. The number of rotatable bonds is 8. The van der Waals surface area contributed by atoms with Crippen LogP contribution in [0.15, 0.2) is 41.3 Å². The molecule has 0 saturated carbocycles. The molecule has 1 aliphatic rings. The fourth-order valence-corrected chi connectivity index (χ4v) is 4.11. The van der Waals surface area contributed by atoms with Crippen LogP contribution in [-0.4, -0.2) is 47.8 Å². The third-order valence-electron chi connectivity index (χ3n) is 4.62. The second-order valence-electron chi connectivity index (χ2n) is 6.61. The molecule has 1 fully saturated rings. The fraction of sp³-hybridized carbons (Fsp3) is 0.350. The van der Waals surface area contributed by atoms with Crippen molar-refractivity contribution >= 4 is 33.2 Å². The second kappa shape index (κ2) is 9.65. The summed E-state index contributed by atoms with van der Waals surface area (Å²) in [6.45, 7) is 1.07. The Morgan fingerprint density at radius 3 is 2.67 bits per heavy atom. The van der Waals surface area contributed by atoms with Crippen molar-refractivity contribution < 1.29 is 27.4 Å². The Kier molecular flexibility index (Phi) is 7.19. The second-order valence-corrected chi connectivity index (χ2v) is 8.91. The lowest BCUT2D eigenvalue weighted by atomic mass is 10.2. The third kappa shape index (κ3) is 5.23. The molecule has 1 heterocycles. The van der Waals surface area contributed by atoms with Gasteiger partial charge in [-0.15, -0.1) is 0 Å². The molecule has 1 saturated heterocycles. The Hall–Kier alpha value is -2.33. The zero-order valence-electron chi connectivity index (χ0n) is 16.6. The van der Waals surface area contributed by atoms with Crippen molar-refractivity contribution in [1.82, 2.24) is 4.72 Å². The van der Waals surface area contributed by atoms with Gasteiger partial charge in [-0.1, -0.05) is 11.6 Å². The van der Waals surface area contributed by atoms with E-state index in [9.17, 15) is 13.2 Å². The van der Waals surface area contributed by atoms with Gasteiger partial charge in [-0.25, -0.2) is 13.1 Å². The molecule has 0 aromatic heterocycles. The molecular weight excluding hydrogens is 432 g/mol. The van der Waals surface area contributed by atoms with Gasteiger partial charge < -0.3 is 19.5 Å². The Morgan fingerprint density at radius 2 is 2.00 bits per heavy atom. The van der Waals surface area contributed by atoms with Gasteiger partial charge in [-0.05, 0) is 56.3 Å². The number of hydrogen-bond donors (Lipinski definition) is 2. The van der Waals surface area contributed by atoms with Crippen molar-refractivity contribution in [3.05, 3.63) is 47.0 Å². The van der Waals surface area contributed by atoms with E-state index in [0.717, 1.165) is 12.8 Å². The van der Waals surface area contributed by atoms with E-state index < -0.39 is 15.9 Å². The van der Waals surface area contributed by atoms with E-state index >= 15 is 0 Å². The first kappa shape index (κ1) is 22.4. The van der Waals surface area contributed by atoms with Gasteiger partial charge >= 0.3 is 0 Å². The molecule has 1 amide bonds. The van der Waals surface area contributed by atoms with E-state index in [0.29, 0.717) is 29.7 Å². The van der Waals surface area contributed by atoms with E-state index in [1.54, 1.807) is 18.2 Å². The molecule has 1 unspecified atom stereocenters. The summed E-state index contributed by atoms with van der Waals surface area (Å²) >= 11 is 6.08. The predicted octanol–water partition coefficient (Wildman–Crippen LogP) is 3.07. The molecule has 1 aliphatic heterocycles. The summed E-state index contributed by atoms with van der Waals surface area (Å²) in [6, 6.07) is 9.04. The number of carbonyl (C=O) groups excluding carboxylic acids is 1. The van der Waals surface area contributed by atoms with Crippen molar-refractivity contribution in [2.75, 3.05) is 32.7 Å². The van der Waals surface area contributed by atoms with E-state index in [2.05, 4.69) is 10.0 Å². The first-order valence-corrected chi connectivity index (χ1v) is 11.2. The normalized spacial score (nSPS) is 16.3. The number of methoxy groups -OCH3 is 1. The Labute approximate surface area is 180 Å². The maximum Gasteiger partial charge on any atom is 0.255 e. The van der Waals surface area contributed by atoms with Gasteiger partial charge in [0, 0.05) is 17.2 Å². The maximum absolute atomic E-state index is 12.8. The van der Waals surface area contributed by atoms with Crippen molar-refractivity contribution in [3.8, 4) is 11.5 Å².